The fraction of sp³-hybridized carbons (Fsp3) is 0.188. The average molecular weight is 354 g/mol. The molecule has 0 spiro atoms. The van der Waals surface area contributed by atoms with E-state index in [0.717, 1.165) is 5.56 Å². The van der Waals surface area contributed by atoms with E-state index >= 15 is 0 Å². The Morgan fingerprint density at radius 2 is 1.70 bits per heavy atom. The van der Waals surface area contributed by atoms with Crippen molar-refractivity contribution in [1.82, 2.24) is 4.72 Å². The molecule has 122 valence electrons. The van der Waals surface area contributed by atoms with Crippen LogP contribution in [0, 0.1) is 0 Å². The lowest BCUT2D eigenvalue weighted by atomic mass is 10.1. The third-order valence-electron chi connectivity index (χ3n) is 3.28. The number of halogens is 1. The molecule has 1 atom stereocenters. The fourth-order valence-electron chi connectivity index (χ4n) is 2.06. The first-order chi connectivity index (χ1) is 10.9. The van der Waals surface area contributed by atoms with Gasteiger partial charge < -0.3 is 5.11 Å². The smallest absolute Gasteiger partial charge is 0.321 e. The zero-order valence-electron chi connectivity index (χ0n) is 12.1. The van der Waals surface area contributed by atoms with Crippen molar-refractivity contribution in [1.29, 1.82) is 0 Å². The lowest BCUT2D eigenvalue weighted by Gasteiger charge is -2.15. The van der Waals surface area contributed by atoms with Crippen LogP contribution in [0.25, 0.3) is 0 Å². The van der Waals surface area contributed by atoms with E-state index in [1.165, 1.54) is 24.3 Å². The highest BCUT2D eigenvalue weighted by Gasteiger charge is 2.25. The van der Waals surface area contributed by atoms with Crippen molar-refractivity contribution in [2.24, 2.45) is 0 Å². The van der Waals surface area contributed by atoms with Crippen LogP contribution in [-0.2, 0) is 21.2 Å². The summed E-state index contributed by atoms with van der Waals surface area (Å²) in [7, 11) is -3.92. The number of hydrogen-bond acceptors (Lipinski definition) is 3. The Hall–Kier alpha value is -1.89. The van der Waals surface area contributed by atoms with Gasteiger partial charge in [-0.1, -0.05) is 41.9 Å². The number of carboxylic acid groups (broad SMARTS) is 1. The zero-order chi connectivity index (χ0) is 16.9. The summed E-state index contributed by atoms with van der Waals surface area (Å²) in [6.45, 7) is 0. The molecular weight excluding hydrogens is 338 g/mol. The molecule has 5 nitrogen and oxygen atoms in total. The van der Waals surface area contributed by atoms with Gasteiger partial charge in [0.2, 0.25) is 10.0 Å². The van der Waals surface area contributed by atoms with E-state index in [1.807, 2.05) is 30.3 Å². The minimum Gasteiger partial charge on any atom is -0.480 e. The van der Waals surface area contributed by atoms with Crippen LogP contribution in [-0.4, -0.2) is 25.5 Å². The van der Waals surface area contributed by atoms with E-state index in [4.69, 9.17) is 11.6 Å². The predicted molar refractivity (Wildman–Crippen MR) is 88.0 cm³/mol. The Bertz CT molecular complexity index is 760. The van der Waals surface area contributed by atoms with E-state index in [9.17, 15) is 18.3 Å². The molecule has 0 saturated heterocycles. The van der Waals surface area contributed by atoms with Crippen molar-refractivity contribution in [2.45, 2.75) is 23.8 Å². The second kappa shape index (κ2) is 7.59. The maximum atomic E-state index is 12.3. The van der Waals surface area contributed by atoms with Crippen molar-refractivity contribution >= 4 is 27.6 Å². The molecule has 7 heteroatoms. The van der Waals surface area contributed by atoms with Gasteiger partial charge in [0.15, 0.2) is 0 Å². The third kappa shape index (κ3) is 5.06. The first-order valence-corrected chi connectivity index (χ1v) is 8.79. The Labute approximate surface area is 140 Å². The largest absolute Gasteiger partial charge is 0.480 e. The lowest BCUT2D eigenvalue weighted by Crippen LogP contribution is -2.41. The van der Waals surface area contributed by atoms with Gasteiger partial charge in [0.25, 0.3) is 0 Å². The summed E-state index contributed by atoms with van der Waals surface area (Å²) in [5.74, 6) is -1.21. The number of hydrogen-bond donors (Lipinski definition) is 2. The topological polar surface area (TPSA) is 83.5 Å². The molecule has 0 saturated carbocycles. The van der Waals surface area contributed by atoms with Crippen molar-refractivity contribution in [3.63, 3.8) is 0 Å². The summed E-state index contributed by atoms with van der Waals surface area (Å²) in [6, 6.07) is 13.6. The minimum absolute atomic E-state index is 0.0205. The lowest BCUT2D eigenvalue weighted by molar-refractivity contribution is -0.139. The quantitative estimate of drug-likeness (QED) is 0.801. The maximum absolute atomic E-state index is 12.3. The molecule has 0 aliphatic heterocycles. The van der Waals surface area contributed by atoms with Gasteiger partial charge in [-0.3, -0.25) is 4.79 Å². The number of aryl methyl sites for hydroxylation is 1. The Morgan fingerprint density at radius 1 is 1.09 bits per heavy atom. The van der Waals surface area contributed by atoms with Crippen LogP contribution in [0.2, 0.25) is 5.02 Å². The molecule has 0 bridgehead atoms. The molecule has 2 aromatic rings. The van der Waals surface area contributed by atoms with Crippen LogP contribution in [0.4, 0.5) is 0 Å². The van der Waals surface area contributed by atoms with Gasteiger partial charge in [0.05, 0.1) is 4.90 Å². The van der Waals surface area contributed by atoms with Gasteiger partial charge in [-0.2, -0.15) is 4.72 Å². The summed E-state index contributed by atoms with van der Waals surface area (Å²) in [5.41, 5.74) is 0.949. The van der Waals surface area contributed by atoms with E-state index in [0.29, 0.717) is 11.4 Å². The molecular formula is C16H16ClNO4S. The van der Waals surface area contributed by atoms with Crippen molar-refractivity contribution in [2.75, 3.05) is 0 Å². The molecule has 0 amide bonds. The molecule has 2 aromatic carbocycles. The van der Waals surface area contributed by atoms with Gasteiger partial charge in [-0.15, -0.1) is 0 Å². The van der Waals surface area contributed by atoms with Gasteiger partial charge in [0.1, 0.15) is 6.04 Å². The highest BCUT2D eigenvalue weighted by atomic mass is 35.5. The summed E-state index contributed by atoms with van der Waals surface area (Å²) >= 11 is 5.73. The standard InChI is InChI=1S/C16H16ClNO4S/c17-13-7-9-14(10-8-13)23(21,22)18-15(16(19)20)11-6-12-4-2-1-3-5-12/h1-5,7-10,15,18H,6,11H2,(H,19,20)/t15-/m0/s1. The van der Waals surface area contributed by atoms with Crippen molar-refractivity contribution < 1.29 is 18.3 Å². The summed E-state index contributed by atoms with van der Waals surface area (Å²) in [4.78, 5) is 11.3. The predicted octanol–water partition coefficient (Wildman–Crippen LogP) is 2.70. The van der Waals surface area contributed by atoms with Crippen LogP contribution in [0.1, 0.15) is 12.0 Å². The number of benzene rings is 2. The highest BCUT2D eigenvalue weighted by molar-refractivity contribution is 7.89. The maximum Gasteiger partial charge on any atom is 0.321 e. The first-order valence-electron chi connectivity index (χ1n) is 6.93. The highest BCUT2D eigenvalue weighted by Crippen LogP contribution is 2.15. The number of sulfonamides is 1. The van der Waals surface area contributed by atoms with Crippen LogP contribution in [0.15, 0.2) is 59.5 Å². The molecule has 0 aliphatic rings. The van der Waals surface area contributed by atoms with Crippen LogP contribution in [0.3, 0.4) is 0 Å². The van der Waals surface area contributed by atoms with Crippen LogP contribution >= 0.6 is 11.6 Å². The molecule has 0 radical (unpaired) electrons. The number of carbonyl (C=O) groups is 1. The molecule has 0 aliphatic carbocycles. The molecule has 0 unspecified atom stereocenters. The number of aliphatic carboxylic acids is 1. The monoisotopic (exact) mass is 353 g/mol. The molecule has 0 heterocycles. The Morgan fingerprint density at radius 3 is 2.26 bits per heavy atom. The average Bonchev–Trinajstić information content (AvgIpc) is 2.52. The fourth-order valence-corrected chi connectivity index (χ4v) is 3.41. The molecule has 23 heavy (non-hydrogen) atoms. The van der Waals surface area contributed by atoms with E-state index < -0.39 is 22.0 Å². The van der Waals surface area contributed by atoms with Gasteiger partial charge in [-0.25, -0.2) is 8.42 Å². The summed E-state index contributed by atoms with van der Waals surface area (Å²) in [5, 5.41) is 9.66. The normalized spacial score (nSPS) is 12.7. The van der Waals surface area contributed by atoms with E-state index in [2.05, 4.69) is 4.72 Å². The van der Waals surface area contributed by atoms with E-state index in [-0.39, 0.29) is 11.3 Å². The molecule has 0 fully saturated rings. The molecule has 2 N–H and O–H groups in total. The second-order valence-corrected chi connectivity index (χ2v) is 7.14. The van der Waals surface area contributed by atoms with E-state index in [1.54, 1.807) is 0 Å². The molecule has 0 aromatic heterocycles. The second-order valence-electron chi connectivity index (χ2n) is 4.99. The van der Waals surface area contributed by atoms with Crippen molar-refractivity contribution in [3.05, 3.63) is 65.2 Å². The van der Waals surface area contributed by atoms with Gasteiger partial charge >= 0.3 is 5.97 Å². The molecule has 2 rings (SSSR count). The van der Waals surface area contributed by atoms with Crippen LogP contribution < -0.4 is 4.72 Å². The number of nitrogens with one attached hydrogen (secondary N) is 1. The summed E-state index contributed by atoms with van der Waals surface area (Å²) in [6.07, 6.45) is 0.618. The van der Waals surface area contributed by atoms with Crippen molar-refractivity contribution in [3.8, 4) is 0 Å². The number of rotatable bonds is 7. The minimum atomic E-state index is -3.92. The third-order valence-corrected chi connectivity index (χ3v) is 5.02. The Kier molecular flexibility index (Phi) is 5.76. The SMILES string of the molecule is O=C(O)[C@H](CCc1ccccc1)NS(=O)(=O)c1ccc(Cl)cc1. The van der Waals surface area contributed by atoms with Gasteiger partial charge in [0, 0.05) is 5.02 Å². The summed E-state index contributed by atoms with van der Waals surface area (Å²) < 4.78 is 26.7. The zero-order valence-corrected chi connectivity index (χ0v) is 13.7. The Balaban J connectivity index is 2.09. The van der Waals surface area contributed by atoms with Gasteiger partial charge in [-0.05, 0) is 42.7 Å². The van der Waals surface area contributed by atoms with Crippen LogP contribution in [0.5, 0.6) is 0 Å². The number of carboxylic acids is 1. The first kappa shape index (κ1) is 17.5.